The van der Waals surface area contributed by atoms with Crippen LogP contribution in [0.5, 0.6) is 0 Å². The van der Waals surface area contributed by atoms with Crippen LogP contribution in [0.15, 0.2) is 18.5 Å². The molecule has 2 aromatic rings. The van der Waals surface area contributed by atoms with E-state index >= 15 is 0 Å². The van der Waals surface area contributed by atoms with Gasteiger partial charge in [0.25, 0.3) is 0 Å². The average molecular weight is 292 g/mol. The van der Waals surface area contributed by atoms with Crippen molar-refractivity contribution in [2.75, 3.05) is 11.9 Å². The Labute approximate surface area is 115 Å². The van der Waals surface area contributed by atoms with Crippen LogP contribution in [0.2, 0.25) is 0 Å². The molecule has 1 aliphatic carbocycles. The number of nitrogens with one attached hydrogen (secondary N) is 1. The Hall–Kier alpha value is -2.18. The fourth-order valence-corrected chi connectivity index (χ4v) is 3.00. The Kier molecular flexibility index (Phi) is 2.67. The molecule has 0 saturated heterocycles. The molecule has 1 aliphatic rings. The maximum Gasteiger partial charge on any atom is 0.216 e. The molecule has 0 unspecified atom stereocenters. The monoisotopic (exact) mass is 292 g/mol. The number of primary sulfonamides is 1. The third-order valence-electron chi connectivity index (χ3n) is 3.52. The fraction of sp³-hybridized carbons (Fsp3) is 0.364. The van der Waals surface area contributed by atoms with E-state index in [0.717, 1.165) is 0 Å². The Bertz CT molecular complexity index is 815. The average Bonchev–Trinajstić information content (AvgIpc) is 3.09. The lowest BCUT2D eigenvalue weighted by molar-refractivity contribution is 0.580. The minimum Gasteiger partial charge on any atom is -0.368 e. The molecule has 3 rings (SSSR count). The highest BCUT2D eigenvalue weighted by atomic mass is 32.2. The highest BCUT2D eigenvalue weighted by Crippen LogP contribution is 2.42. The van der Waals surface area contributed by atoms with Gasteiger partial charge in [0.2, 0.25) is 10.0 Å². The van der Waals surface area contributed by atoms with Gasteiger partial charge in [-0.3, -0.25) is 0 Å². The van der Waals surface area contributed by atoms with Gasteiger partial charge >= 0.3 is 0 Å². The second kappa shape index (κ2) is 4.16. The van der Waals surface area contributed by atoms with Crippen molar-refractivity contribution in [1.29, 1.82) is 5.26 Å². The predicted octanol–water partition coefficient (Wildman–Crippen LogP) is -0.166. The third kappa shape index (κ3) is 1.90. The first kappa shape index (κ1) is 12.8. The van der Waals surface area contributed by atoms with Gasteiger partial charge in [-0.2, -0.15) is 14.9 Å². The number of rotatable bonds is 4. The largest absolute Gasteiger partial charge is 0.368 e. The van der Waals surface area contributed by atoms with E-state index in [1.165, 1.54) is 16.9 Å². The topological polar surface area (TPSA) is 126 Å². The minimum atomic E-state index is -3.57. The molecule has 20 heavy (non-hydrogen) atoms. The van der Waals surface area contributed by atoms with Crippen LogP contribution in [0.25, 0.3) is 5.65 Å². The Morgan fingerprint density at radius 1 is 1.55 bits per heavy atom. The smallest absolute Gasteiger partial charge is 0.216 e. The quantitative estimate of drug-likeness (QED) is 0.806. The molecule has 104 valence electrons. The lowest BCUT2D eigenvalue weighted by atomic mass is 10.3. The number of aromatic nitrogens is 3. The summed E-state index contributed by atoms with van der Waals surface area (Å²) >= 11 is 0. The summed E-state index contributed by atoms with van der Waals surface area (Å²) in [6.07, 6.45) is 4.06. The molecule has 3 N–H and O–H groups in total. The van der Waals surface area contributed by atoms with Gasteiger partial charge in [-0.15, -0.1) is 0 Å². The van der Waals surface area contributed by atoms with E-state index in [1.54, 1.807) is 6.07 Å². The van der Waals surface area contributed by atoms with E-state index in [2.05, 4.69) is 15.4 Å². The number of nitrogens with two attached hydrogens (primary N) is 1. The van der Waals surface area contributed by atoms with Crippen molar-refractivity contribution < 1.29 is 8.42 Å². The Morgan fingerprint density at radius 3 is 2.90 bits per heavy atom. The van der Waals surface area contributed by atoms with Gasteiger partial charge in [-0.05, 0) is 18.9 Å². The SMILES string of the molecule is N#Cc1cnn2c(NCC3(S(N)(=O)=O)CC3)ccnc12. The van der Waals surface area contributed by atoms with Gasteiger partial charge in [-0.1, -0.05) is 0 Å². The molecule has 0 amide bonds. The van der Waals surface area contributed by atoms with Crippen LogP contribution < -0.4 is 10.5 Å². The normalized spacial score (nSPS) is 16.8. The Balaban J connectivity index is 1.90. The third-order valence-corrected chi connectivity index (χ3v) is 5.28. The number of hydrogen-bond acceptors (Lipinski definition) is 6. The van der Waals surface area contributed by atoms with Crippen molar-refractivity contribution in [2.24, 2.45) is 5.14 Å². The molecular weight excluding hydrogens is 280 g/mol. The summed E-state index contributed by atoms with van der Waals surface area (Å²) in [4.78, 5) is 4.08. The lowest BCUT2D eigenvalue weighted by Crippen LogP contribution is -2.36. The molecular formula is C11H12N6O2S. The summed E-state index contributed by atoms with van der Waals surface area (Å²) in [5.41, 5.74) is 0.791. The minimum absolute atomic E-state index is 0.215. The van der Waals surface area contributed by atoms with Crippen LogP contribution in [0.3, 0.4) is 0 Å². The maximum absolute atomic E-state index is 11.5. The van der Waals surface area contributed by atoms with Crippen molar-refractivity contribution in [2.45, 2.75) is 17.6 Å². The van der Waals surface area contributed by atoms with Gasteiger partial charge in [-0.25, -0.2) is 18.5 Å². The summed E-state index contributed by atoms with van der Waals surface area (Å²) in [5.74, 6) is 0.575. The van der Waals surface area contributed by atoms with Gasteiger partial charge in [0.05, 0.1) is 6.20 Å². The Morgan fingerprint density at radius 2 is 2.30 bits per heavy atom. The molecule has 8 nitrogen and oxygen atoms in total. The number of anilines is 1. The molecule has 0 spiro atoms. The molecule has 0 aromatic carbocycles. The molecule has 9 heteroatoms. The van der Waals surface area contributed by atoms with E-state index in [-0.39, 0.29) is 6.54 Å². The number of nitriles is 1. The lowest BCUT2D eigenvalue weighted by Gasteiger charge is -2.14. The highest BCUT2D eigenvalue weighted by Gasteiger charge is 2.52. The van der Waals surface area contributed by atoms with Gasteiger partial charge in [0.15, 0.2) is 5.65 Å². The summed E-state index contributed by atoms with van der Waals surface area (Å²) in [5, 5.41) is 21.3. The van der Waals surface area contributed by atoms with Crippen LogP contribution in [-0.4, -0.2) is 34.3 Å². The van der Waals surface area contributed by atoms with Crippen molar-refractivity contribution in [3.63, 3.8) is 0 Å². The second-order valence-corrected chi connectivity index (χ2v) is 6.77. The van der Waals surface area contributed by atoms with Crippen LogP contribution >= 0.6 is 0 Å². The van der Waals surface area contributed by atoms with Gasteiger partial charge in [0.1, 0.15) is 22.2 Å². The zero-order valence-electron chi connectivity index (χ0n) is 10.4. The van der Waals surface area contributed by atoms with Crippen LogP contribution in [0.1, 0.15) is 18.4 Å². The standard InChI is InChI=1S/C11H12N6O2S/c12-5-8-6-16-17-9(1-4-14-10(8)17)15-7-11(2-3-11)20(13,18)19/h1,4,6,15H,2-3,7H2,(H2,13,18,19). The van der Waals surface area contributed by atoms with Crippen molar-refractivity contribution in [3.8, 4) is 6.07 Å². The maximum atomic E-state index is 11.5. The van der Waals surface area contributed by atoms with Gasteiger partial charge in [0, 0.05) is 12.7 Å². The number of sulfonamides is 1. The first-order chi connectivity index (χ1) is 9.47. The fourth-order valence-electron chi connectivity index (χ4n) is 2.06. The number of fused-ring (bicyclic) bond motifs is 1. The molecule has 2 aromatic heterocycles. The van der Waals surface area contributed by atoms with Crippen molar-refractivity contribution in [1.82, 2.24) is 14.6 Å². The molecule has 1 saturated carbocycles. The first-order valence-corrected chi connectivity index (χ1v) is 7.51. The van der Waals surface area contributed by atoms with Gasteiger partial charge < -0.3 is 5.32 Å². The molecule has 0 bridgehead atoms. The van der Waals surface area contributed by atoms with E-state index in [1.807, 2.05) is 6.07 Å². The van der Waals surface area contributed by atoms with Crippen molar-refractivity contribution >= 4 is 21.5 Å². The molecule has 0 aliphatic heterocycles. The van der Waals surface area contributed by atoms with E-state index < -0.39 is 14.8 Å². The van der Waals surface area contributed by atoms with Crippen molar-refractivity contribution in [3.05, 3.63) is 24.0 Å². The molecule has 1 fully saturated rings. The molecule has 0 radical (unpaired) electrons. The van der Waals surface area contributed by atoms with E-state index in [4.69, 9.17) is 10.4 Å². The summed E-state index contributed by atoms with van der Waals surface area (Å²) < 4.78 is 23.6. The van der Waals surface area contributed by atoms with Crippen LogP contribution in [0.4, 0.5) is 5.82 Å². The molecule has 0 atom stereocenters. The zero-order chi connectivity index (χ0) is 14.4. The summed E-state index contributed by atoms with van der Waals surface area (Å²) in [7, 11) is -3.57. The predicted molar refractivity (Wildman–Crippen MR) is 71.3 cm³/mol. The molecule has 2 heterocycles. The number of hydrogen-bond donors (Lipinski definition) is 2. The summed E-state index contributed by atoms with van der Waals surface area (Å²) in [6.45, 7) is 0.215. The van der Waals surface area contributed by atoms with Crippen LogP contribution in [0, 0.1) is 11.3 Å². The summed E-state index contributed by atoms with van der Waals surface area (Å²) in [6, 6.07) is 3.66. The van der Waals surface area contributed by atoms with E-state index in [0.29, 0.717) is 29.9 Å². The zero-order valence-corrected chi connectivity index (χ0v) is 11.3. The van der Waals surface area contributed by atoms with E-state index in [9.17, 15) is 8.42 Å². The highest BCUT2D eigenvalue weighted by molar-refractivity contribution is 7.90. The first-order valence-electron chi connectivity index (χ1n) is 5.96. The second-order valence-electron chi connectivity index (χ2n) is 4.82. The number of nitrogens with zero attached hydrogens (tertiary/aromatic N) is 4. The van der Waals surface area contributed by atoms with Crippen LogP contribution in [-0.2, 0) is 10.0 Å².